The van der Waals surface area contributed by atoms with Crippen LogP contribution in [0, 0.1) is 6.92 Å². The fraction of sp³-hybridized carbons (Fsp3) is 0.500. The van der Waals surface area contributed by atoms with Crippen LogP contribution in [0.3, 0.4) is 0 Å². The van der Waals surface area contributed by atoms with E-state index in [1.807, 2.05) is 0 Å². The predicted octanol–water partition coefficient (Wildman–Crippen LogP) is 0.446. The lowest BCUT2D eigenvalue weighted by molar-refractivity contribution is -0.140. The van der Waals surface area contributed by atoms with E-state index in [0.717, 1.165) is 11.5 Å². The van der Waals surface area contributed by atoms with E-state index < -0.39 is 12.0 Å². The van der Waals surface area contributed by atoms with Crippen LogP contribution in [-0.2, 0) is 4.79 Å². The highest BCUT2D eigenvalue weighted by Gasteiger charge is 2.36. The fourth-order valence-corrected chi connectivity index (χ4v) is 3.16. The number of hydrogen-bond acceptors (Lipinski definition) is 6. The van der Waals surface area contributed by atoms with E-state index in [1.165, 1.54) is 16.7 Å². The lowest BCUT2D eigenvalue weighted by Crippen LogP contribution is -2.41. The zero-order valence-corrected chi connectivity index (χ0v) is 10.0. The number of rotatable bonds is 2. The average molecular weight is 259 g/mol. The molecule has 16 heavy (non-hydrogen) atoms. The third-order valence-corrected chi connectivity index (χ3v) is 4.10. The van der Waals surface area contributed by atoms with Crippen LogP contribution in [0.25, 0.3) is 0 Å². The van der Waals surface area contributed by atoms with Gasteiger partial charge in [-0.05, 0) is 18.5 Å². The smallest absolute Gasteiger partial charge is 0.327 e. The largest absolute Gasteiger partial charge is 0.480 e. The van der Waals surface area contributed by atoms with Gasteiger partial charge in [0.05, 0.1) is 11.6 Å². The molecule has 1 saturated heterocycles. The molecule has 1 aliphatic heterocycles. The molecule has 1 aromatic heterocycles. The first-order valence-electron chi connectivity index (χ1n) is 4.51. The van der Waals surface area contributed by atoms with Crippen molar-refractivity contribution in [3.63, 3.8) is 0 Å². The number of hydrogen-bond donors (Lipinski definition) is 1. The summed E-state index contributed by atoms with van der Waals surface area (Å²) in [6.07, 6.45) is 0. The standard InChI is InChI=1S/C8H9N3O3S2/c1-4-6(16-10-9-4)7(12)11-3-15-2-5(11)8(13)14/h5H,2-3H2,1H3,(H,13,14)/t5-/m0/s1. The van der Waals surface area contributed by atoms with Gasteiger partial charge in [0, 0.05) is 5.75 Å². The summed E-state index contributed by atoms with van der Waals surface area (Å²) >= 11 is 2.44. The normalized spacial score (nSPS) is 20.1. The molecule has 0 saturated carbocycles. The highest BCUT2D eigenvalue weighted by atomic mass is 32.2. The van der Waals surface area contributed by atoms with E-state index >= 15 is 0 Å². The first-order chi connectivity index (χ1) is 7.61. The SMILES string of the molecule is Cc1nnsc1C(=O)N1CSC[C@H]1C(=O)O. The van der Waals surface area contributed by atoms with Gasteiger partial charge in [-0.3, -0.25) is 4.79 Å². The molecule has 8 heteroatoms. The Balaban J connectivity index is 2.22. The topological polar surface area (TPSA) is 83.4 Å². The van der Waals surface area contributed by atoms with Crippen molar-refractivity contribution in [2.75, 3.05) is 11.6 Å². The molecule has 86 valence electrons. The van der Waals surface area contributed by atoms with Gasteiger partial charge < -0.3 is 10.0 Å². The summed E-state index contributed by atoms with van der Waals surface area (Å²) in [5.74, 6) is -0.405. The van der Waals surface area contributed by atoms with E-state index in [0.29, 0.717) is 22.2 Å². The third kappa shape index (κ3) is 1.90. The quantitative estimate of drug-likeness (QED) is 0.830. The van der Waals surface area contributed by atoms with Gasteiger partial charge in [-0.1, -0.05) is 4.49 Å². The van der Waals surface area contributed by atoms with Gasteiger partial charge in [-0.25, -0.2) is 4.79 Å². The Morgan fingerprint density at radius 1 is 1.56 bits per heavy atom. The summed E-state index contributed by atoms with van der Waals surface area (Å²) in [7, 11) is 0. The van der Waals surface area contributed by atoms with Crippen molar-refractivity contribution in [3.8, 4) is 0 Å². The molecule has 0 unspecified atom stereocenters. The Hall–Kier alpha value is -1.15. The van der Waals surface area contributed by atoms with Crippen LogP contribution in [0.2, 0.25) is 0 Å². The molecule has 6 nitrogen and oxygen atoms in total. The molecule has 1 fully saturated rings. The minimum atomic E-state index is -0.964. The molecule has 1 aliphatic rings. The maximum Gasteiger partial charge on any atom is 0.327 e. The van der Waals surface area contributed by atoms with E-state index in [4.69, 9.17) is 5.11 Å². The fourth-order valence-electron chi connectivity index (χ4n) is 1.41. The molecule has 2 rings (SSSR count). The predicted molar refractivity (Wildman–Crippen MR) is 59.6 cm³/mol. The number of carboxylic acid groups (broad SMARTS) is 1. The van der Waals surface area contributed by atoms with Crippen molar-refractivity contribution in [3.05, 3.63) is 10.6 Å². The summed E-state index contributed by atoms with van der Waals surface area (Å²) in [5, 5.41) is 12.7. The van der Waals surface area contributed by atoms with Crippen molar-refractivity contribution >= 4 is 35.2 Å². The van der Waals surface area contributed by atoms with Crippen molar-refractivity contribution in [2.45, 2.75) is 13.0 Å². The molecular weight excluding hydrogens is 250 g/mol. The van der Waals surface area contributed by atoms with Crippen LogP contribution in [0.15, 0.2) is 0 Å². The number of carbonyl (C=O) groups excluding carboxylic acids is 1. The van der Waals surface area contributed by atoms with Gasteiger partial charge >= 0.3 is 5.97 Å². The molecule has 2 heterocycles. The molecule has 0 bridgehead atoms. The minimum Gasteiger partial charge on any atom is -0.480 e. The number of aliphatic carboxylic acids is 1. The molecule has 0 aromatic carbocycles. The molecule has 1 aromatic rings. The van der Waals surface area contributed by atoms with Crippen LogP contribution < -0.4 is 0 Å². The zero-order valence-electron chi connectivity index (χ0n) is 8.41. The number of carboxylic acids is 1. The molecule has 1 amide bonds. The zero-order chi connectivity index (χ0) is 11.7. The van der Waals surface area contributed by atoms with Gasteiger partial charge in [0.2, 0.25) is 0 Å². The van der Waals surface area contributed by atoms with Gasteiger partial charge in [0.1, 0.15) is 10.9 Å². The lowest BCUT2D eigenvalue weighted by atomic mass is 10.2. The van der Waals surface area contributed by atoms with Crippen molar-refractivity contribution in [1.82, 2.24) is 14.5 Å². The first kappa shape index (κ1) is 11.3. The molecular formula is C8H9N3O3S2. The minimum absolute atomic E-state index is 0.287. The molecule has 1 N–H and O–H groups in total. The van der Waals surface area contributed by atoms with Gasteiger partial charge in [0.25, 0.3) is 5.91 Å². The highest BCUT2D eigenvalue weighted by Crippen LogP contribution is 2.24. The first-order valence-corrected chi connectivity index (χ1v) is 6.44. The van der Waals surface area contributed by atoms with Crippen LogP contribution in [0.1, 0.15) is 15.4 Å². The Kier molecular flexibility index (Phi) is 3.10. The van der Waals surface area contributed by atoms with E-state index in [-0.39, 0.29) is 5.91 Å². The van der Waals surface area contributed by atoms with Gasteiger partial charge in [-0.15, -0.1) is 16.9 Å². The Morgan fingerprint density at radius 2 is 2.31 bits per heavy atom. The van der Waals surface area contributed by atoms with Crippen molar-refractivity contribution < 1.29 is 14.7 Å². The average Bonchev–Trinajstić information content (AvgIpc) is 2.84. The second kappa shape index (κ2) is 4.38. The highest BCUT2D eigenvalue weighted by molar-refractivity contribution is 7.99. The number of aromatic nitrogens is 2. The van der Waals surface area contributed by atoms with Crippen LogP contribution >= 0.6 is 23.3 Å². The summed E-state index contributed by atoms with van der Waals surface area (Å²) in [5.41, 5.74) is 0.552. The van der Waals surface area contributed by atoms with Crippen LogP contribution in [0.4, 0.5) is 0 Å². The second-order valence-electron chi connectivity index (χ2n) is 3.32. The molecule has 0 radical (unpaired) electrons. The van der Waals surface area contributed by atoms with Crippen LogP contribution in [-0.4, -0.2) is 49.1 Å². The van der Waals surface area contributed by atoms with Crippen molar-refractivity contribution in [1.29, 1.82) is 0 Å². The van der Waals surface area contributed by atoms with Gasteiger partial charge in [0.15, 0.2) is 0 Å². The summed E-state index contributed by atoms with van der Waals surface area (Å²) in [6.45, 7) is 1.69. The van der Waals surface area contributed by atoms with Gasteiger partial charge in [-0.2, -0.15) is 0 Å². The maximum absolute atomic E-state index is 12.0. The number of thioether (sulfide) groups is 1. The van der Waals surface area contributed by atoms with Crippen molar-refractivity contribution in [2.24, 2.45) is 0 Å². The monoisotopic (exact) mass is 259 g/mol. The van der Waals surface area contributed by atoms with E-state index in [1.54, 1.807) is 6.92 Å². The summed E-state index contributed by atoms with van der Waals surface area (Å²) < 4.78 is 3.67. The molecule has 0 spiro atoms. The van der Waals surface area contributed by atoms with Crippen LogP contribution in [0.5, 0.6) is 0 Å². The summed E-state index contributed by atoms with van der Waals surface area (Å²) in [4.78, 5) is 24.7. The maximum atomic E-state index is 12.0. The Morgan fingerprint density at radius 3 is 2.88 bits per heavy atom. The number of amides is 1. The van der Waals surface area contributed by atoms with E-state index in [9.17, 15) is 9.59 Å². The van der Waals surface area contributed by atoms with E-state index in [2.05, 4.69) is 9.59 Å². The number of nitrogens with zero attached hydrogens (tertiary/aromatic N) is 3. The lowest BCUT2D eigenvalue weighted by Gasteiger charge is -2.19. The third-order valence-electron chi connectivity index (χ3n) is 2.27. The second-order valence-corrected chi connectivity index (χ2v) is 5.07. The Bertz CT molecular complexity index is 434. The summed E-state index contributed by atoms with van der Waals surface area (Å²) in [6, 6.07) is -0.737. The number of carbonyl (C=O) groups is 2. The molecule has 0 aliphatic carbocycles. The Labute approximate surface area is 99.8 Å². The number of aryl methyl sites for hydroxylation is 1. The molecule has 1 atom stereocenters.